The first-order chi connectivity index (χ1) is 9.78. The molecule has 0 saturated heterocycles. The summed E-state index contributed by atoms with van der Waals surface area (Å²) in [5.74, 6) is 1.93. The van der Waals surface area contributed by atoms with Gasteiger partial charge >= 0.3 is 0 Å². The number of aryl methyl sites for hydroxylation is 2. The van der Waals surface area contributed by atoms with Gasteiger partial charge in [-0.3, -0.25) is 0 Å². The Morgan fingerprint density at radius 3 is 2.20 bits per heavy atom. The molecule has 0 radical (unpaired) electrons. The van der Waals surface area contributed by atoms with Gasteiger partial charge in [0.2, 0.25) is 0 Å². The largest absolute Gasteiger partial charge is 0.456 e. The average molecular weight is 262 g/mol. The standard InChI is InChI=1S/C19H18O/c1-3-15-13-18(16-11-9-14(2)10-12-16)20-19(15)17-7-5-4-6-8-17/h4-13H,3H2,1-2H3. The van der Waals surface area contributed by atoms with Crippen LogP contribution in [0.3, 0.4) is 0 Å². The van der Waals surface area contributed by atoms with Crippen LogP contribution in [0, 0.1) is 6.92 Å². The minimum Gasteiger partial charge on any atom is -0.456 e. The number of benzene rings is 2. The van der Waals surface area contributed by atoms with Gasteiger partial charge in [0.05, 0.1) is 0 Å². The molecule has 1 heteroatoms. The van der Waals surface area contributed by atoms with E-state index in [2.05, 4.69) is 56.3 Å². The molecule has 0 fully saturated rings. The molecule has 0 spiro atoms. The van der Waals surface area contributed by atoms with Gasteiger partial charge in [0.25, 0.3) is 0 Å². The highest BCUT2D eigenvalue weighted by Gasteiger charge is 2.12. The highest BCUT2D eigenvalue weighted by Crippen LogP contribution is 2.32. The molecule has 0 aliphatic rings. The molecule has 1 aromatic heterocycles. The van der Waals surface area contributed by atoms with Crippen molar-refractivity contribution < 1.29 is 4.42 Å². The Balaban J connectivity index is 2.07. The lowest BCUT2D eigenvalue weighted by molar-refractivity contribution is 0.594. The number of hydrogen-bond donors (Lipinski definition) is 0. The molecule has 0 amide bonds. The number of rotatable bonds is 3. The second kappa shape index (κ2) is 5.38. The van der Waals surface area contributed by atoms with E-state index in [1.165, 1.54) is 11.1 Å². The van der Waals surface area contributed by atoms with Gasteiger partial charge in [-0.1, -0.05) is 67.1 Å². The fraction of sp³-hybridized carbons (Fsp3) is 0.158. The summed E-state index contributed by atoms with van der Waals surface area (Å²) in [4.78, 5) is 0. The zero-order valence-corrected chi connectivity index (χ0v) is 11.9. The van der Waals surface area contributed by atoms with E-state index in [1.54, 1.807) is 0 Å². The fourth-order valence-corrected chi connectivity index (χ4v) is 2.39. The maximum absolute atomic E-state index is 6.12. The second-order valence-electron chi connectivity index (χ2n) is 5.05. The van der Waals surface area contributed by atoms with Crippen LogP contribution in [0.15, 0.2) is 65.1 Å². The lowest BCUT2D eigenvalue weighted by Gasteiger charge is -2.00. The van der Waals surface area contributed by atoms with Crippen molar-refractivity contribution in [2.24, 2.45) is 0 Å². The Kier molecular flexibility index (Phi) is 3.42. The van der Waals surface area contributed by atoms with Gasteiger partial charge in [0.1, 0.15) is 11.5 Å². The molecule has 0 N–H and O–H groups in total. The first-order valence-electron chi connectivity index (χ1n) is 7.03. The van der Waals surface area contributed by atoms with Crippen LogP contribution in [0.1, 0.15) is 18.1 Å². The zero-order chi connectivity index (χ0) is 13.9. The smallest absolute Gasteiger partial charge is 0.137 e. The van der Waals surface area contributed by atoms with Crippen LogP contribution in [-0.4, -0.2) is 0 Å². The van der Waals surface area contributed by atoms with E-state index in [0.717, 1.165) is 29.1 Å². The number of hydrogen-bond acceptors (Lipinski definition) is 1. The van der Waals surface area contributed by atoms with Crippen molar-refractivity contribution in [3.63, 3.8) is 0 Å². The van der Waals surface area contributed by atoms with Crippen LogP contribution in [0.2, 0.25) is 0 Å². The summed E-state index contributed by atoms with van der Waals surface area (Å²) in [5.41, 5.74) is 4.79. The first-order valence-corrected chi connectivity index (χ1v) is 7.03. The Labute approximate surface area is 119 Å². The van der Waals surface area contributed by atoms with Crippen molar-refractivity contribution in [1.82, 2.24) is 0 Å². The Morgan fingerprint density at radius 1 is 0.850 bits per heavy atom. The monoisotopic (exact) mass is 262 g/mol. The van der Waals surface area contributed by atoms with Crippen LogP contribution in [0.25, 0.3) is 22.6 Å². The van der Waals surface area contributed by atoms with E-state index in [0.29, 0.717) is 0 Å². The average Bonchev–Trinajstić information content (AvgIpc) is 2.93. The molecule has 100 valence electrons. The van der Waals surface area contributed by atoms with E-state index in [-0.39, 0.29) is 0 Å². The van der Waals surface area contributed by atoms with Gasteiger partial charge in [-0.15, -0.1) is 0 Å². The van der Waals surface area contributed by atoms with E-state index >= 15 is 0 Å². The Bertz CT molecular complexity index is 690. The summed E-state index contributed by atoms with van der Waals surface area (Å²) < 4.78 is 6.12. The molecular weight excluding hydrogens is 244 g/mol. The maximum atomic E-state index is 6.12. The van der Waals surface area contributed by atoms with Gasteiger partial charge in [-0.05, 0) is 25.0 Å². The van der Waals surface area contributed by atoms with E-state index in [4.69, 9.17) is 4.42 Å². The van der Waals surface area contributed by atoms with Crippen molar-refractivity contribution in [3.8, 4) is 22.6 Å². The molecule has 2 aromatic carbocycles. The molecule has 0 aliphatic heterocycles. The van der Waals surface area contributed by atoms with Crippen molar-refractivity contribution in [3.05, 3.63) is 71.8 Å². The van der Waals surface area contributed by atoms with Crippen molar-refractivity contribution >= 4 is 0 Å². The van der Waals surface area contributed by atoms with Crippen molar-refractivity contribution in [2.75, 3.05) is 0 Å². The molecule has 0 unspecified atom stereocenters. The molecule has 0 atom stereocenters. The molecule has 1 heterocycles. The molecule has 20 heavy (non-hydrogen) atoms. The molecule has 3 aromatic rings. The summed E-state index contributed by atoms with van der Waals surface area (Å²) in [5, 5.41) is 0. The zero-order valence-electron chi connectivity index (χ0n) is 11.9. The van der Waals surface area contributed by atoms with E-state index < -0.39 is 0 Å². The number of furan rings is 1. The highest BCUT2D eigenvalue weighted by molar-refractivity contribution is 5.68. The van der Waals surface area contributed by atoms with Crippen LogP contribution in [0.4, 0.5) is 0 Å². The Morgan fingerprint density at radius 2 is 1.55 bits per heavy atom. The third-order valence-corrected chi connectivity index (χ3v) is 3.56. The molecule has 0 bridgehead atoms. The lowest BCUT2D eigenvalue weighted by atomic mass is 10.1. The molecule has 0 saturated carbocycles. The van der Waals surface area contributed by atoms with Crippen molar-refractivity contribution in [1.29, 1.82) is 0 Å². The van der Waals surface area contributed by atoms with Crippen molar-refractivity contribution in [2.45, 2.75) is 20.3 Å². The molecular formula is C19H18O. The minimum absolute atomic E-state index is 0.945. The van der Waals surface area contributed by atoms with Gasteiger partial charge in [0, 0.05) is 11.1 Å². The SMILES string of the molecule is CCc1cc(-c2ccc(C)cc2)oc1-c1ccccc1. The summed E-state index contributed by atoms with van der Waals surface area (Å²) >= 11 is 0. The predicted octanol–water partition coefficient (Wildman–Crippen LogP) is 5.48. The quantitative estimate of drug-likeness (QED) is 0.608. The minimum atomic E-state index is 0.945. The molecule has 3 rings (SSSR count). The van der Waals surface area contributed by atoms with E-state index in [1.807, 2.05) is 18.2 Å². The summed E-state index contributed by atoms with van der Waals surface area (Å²) in [6.07, 6.45) is 0.972. The third kappa shape index (κ3) is 2.39. The second-order valence-corrected chi connectivity index (χ2v) is 5.05. The fourth-order valence-electron chi connectivity index (χ4n) is 2.39. The molecule has 0 aliphatic carbocycles. The normalized spacial score (nSPS) is 10.7. The third-order valence-electron chi connectivity index (χ3n) is 3.56. The van der Waals surface area contributed by atoms with Gasteiger partial charge in [-0.25, -0.2) is 0 Å². The Hall–Kier alpha value is -2.28. The topological polar surface area (TPSA) is 13.1 Å². The van der Waals surface area contributed by atoms with Gasteiger partial charge < -0.3 is 4.42 Å². The maximum Gasteiger partial charge on any atom is 0.137 e. The summed E-state index contributed by atoms with van der Waals surface area (Å²) in [6, 6.07) is 20.9. The van der Waals surface area contributed by atoms with Gasteiger partial charge in [0.15, 0.2) is 0 Å². The van der Waals surface area contributed by atoms with Crippen LogP contribution in [0.5, 0.6) is 0 Å². The van der Waals surface area contributed by atoms with Gasteiger partial charge in [-0.2, -0.15) is 0 Å². The summed E-state index contributed by atoms with van der Waals surface area (Å²) in [7, 11) is 0. The summed E-state index contributed by atoms with van der Waals surface area (Å²) in [6.45, 7) is 4.26. The van der Waals surface area contributed by atoms with Crippen LogP contribution < -0.4 is 0 Å². The first kappa shape index (κ1) is 12.7. The predicted molar refractivity (Wildman–Crippen MR) is 83.7 cm³/mol. The molecule has 1 nitrogen and oxygen atoms in total. The lowest BCUT2D eigenvalue weighted by Crippen LogP contribution is -1.80. The van der Waals surface area contributed by atoms with Crippen LogP contribution >= 0.6 is 0 Å². The van der Waals surface area contributed by atoms with E-state index in [9.17, 15) is 0 Å². The van der Waals surface area contributed by atoms with Crippen LogP contribution in [-0.2, 0) is 6.42 Å². The highest BCUT2D eigenvalue weighted by atomic mass is 16.3.